The molecule has 1 aromatic carbocycles. The van der Waals surface area contributed by atoms with E-state index in [0.717, 1.165) is 19.0 Å². The van der Waals surface area contributed by atoms with Crippen LogP contribution in [-0.2, 0) is 0 Å². The number of nitrogens with two attached hydrogens (primary N) is 1. The van der Waals surface area contributed by atoms with Gasteiger partial charge in [-0.25, -0.2) is 0 Å². The van der Waals surface area contributed by atoms with Gasteiger partial charge in [-0.05, 0) is 70.5 Å². The molecule has 0 spiro atoms. The van der Waals surface area contributed by atoms with E-state index in [4.69, 9.17) is 5.73 Å². The molecule has 0 heterocycles. The molecule has 1 unspecified atom stereocenters. The van der Waals surface area contributed by atoms with E-state index in [1.165, 1.54) is 30.4 Å². The fraction of sp³-hybridized carbons (Fsp3) is 0.647. The summed E-state index contributed by atoms with van der Waals surface area (Å²) >= 11 is 0. The Hall–Kier alpha value is -0.900. The summed E-state index contributed by atoms with van der Waals surface area (Å²) in [6.45, 7) is 2.92. The predicted octanol–water partition coefficient (Wildman–Crippen LogP) is 2.45. The van der Waals surface area contributed by atoms with Crippen LogP contribution in [0.1, 0.15) is 42.3 Å². The number of rotatable bonds is 8. The molecule has 20 heavy (non-hydrogen) atoms. The summed E-state index contributed by atoms with van der Waals surface area (Å²) < 4.78 is 0. The minimum atomic E-state index is 0.356. The van der Waals surface area contributed by atoms with Crippen molar-refractivity contribution in [2.75, 3.05) is 40.8 Å². The standard InChI is InChI=1S/C17H29N3/c1-19(2)11-6-12-20(3)17(13-18)16-8-5-4-7-15(16)14-9-10-14/h4-5,7-8,14,17H,6,9-13,18H2,1-3H3. The summed E-state index contributed by atoms with van der Waals surface area (Å²) in [5.41, 5.74) is 9.05. The number of hydrogen-bond donors (Lipinski definition) is 1. The molecular weight excluding hydrogens is 246 g/mol. The van der Waals surface area contributed by atoms with Gasteiger partial charge in [-0.2, -0.15) is 0 Å². The molecule has 0 aliphatic heterocycles. The Kier molecular flexibility index (Phi) is 5.58. The zero-order valence-electron chi connectivity index (χ0n) is 13.2. The SMILES string of the molecule is CN(C)CCCN(C)C(CN)c1ccccc1C1CC1. The molecule has 2 rings (SSSR count). The first-order valence-electron chi connectivity index (χ1n) is 7.77. The van der Waals surface area contributed by atoms with Gasteiger partial charge in [0, 0.05) is 12.6 Å². The van der Waals surface area contributed by atoms with Crippen LogP contribution in [-0.4, -0.2) is 50.6 Å². The third-order valence-corrected chi connectivity index (χ3v) is 4.24. The Morgan fingerprint density at radius 3 is 2.45 bits per heavy atom. The molecule has 3 heteroatoms. The zero-order valence-corrected chi connectivity index (χ0v) is 13.2. The maximum Gasteiger partial charge on any atom is 0.0470 e. The van der Waals surface area contributed by atoms with Gasteiger partial charge in [0.15, 0.2) is 0 Å². The maximum absolute atomic E-state index is 6.07. The first-order valence-corrected chi connectivity index (χ1v) is 7.77. The Labute approximate surface area is 123 Å². The monoisotopic (exact) mass is 275 g/mol. The van der Waals surface area contributed by atoms with E-state index in [0.29, 0.717) is 12.6 Å². The molecule has 1 fully saturated rings. The molecule has 112 valence electrons. The van der Waals surface area contributed by atoms with Crippen LogP contribution >= 0.6 is 0 Å². The van der Waals surface area contributed by atoms with Gasteiger partial charge in [0.2, 0.25) is 0 Å². The summed E-state index contributed by atoms with van der Waals surface area (Å²) in [6.07, 6.45) is 3.88. The van der Waals surface area contributed by atoms with Crippen LogP contribution < -0.4 is 5.73 Å². The van der Waals surface area contributed by atoms with E-state index in [2.05, 4.69) is 55.2 Å². The highest BCUT2D eigenvalue weighted by Gasteiger charge is 2.28. The van der Waals surface area contributed by atoms with Gasteiger partial charge in [0.25, 0.3) is 0 Å². The van der Waals surface area contributed by atoms with Crippen LogP contribution in [0.3, 0.4) is 0 Å². The second kappa shape index (κ2) is 7.21. The van der Waals surface area contributed by atoms with Crippen LogP contribution in [0, 0.1) is 0 Å². The second-order valence-electron chi connectivity index (χ2n) is 6.29. The molecule has 0 aromatic heterocycles. The number of likely N-dealkylation sites (N-methyl/N-ethyl adjacent to an activating group) is 1. The van der Waals surface area contributed by atoms with Gasteiger partial charge in [0.05, 0.1) is 0 Å². The molecule has 1 aromatic rings. The lowest BCUT2D eigenvalue weighted by Gasteiger charge is -2.29. The molecule has 3 nitrogen and oxygen atoms in total. The minimum Gasteiger partial charge on any atom is -0.329 e. The van der Waals surface area contributed by atoms with Gasteiger partial charge in [0.1, 0.15) is 0 Å². The van der Waals surface area contributed by atoms with Gasteiger partial charge < -0.3 is 10.6 Å². The van der Waals surface area contributed by atoms with Crippen molar-refractivity contribution in [2.24, 2.45) is 5.73 Å². The quantitative estimate of drug-likeness (QED) is 0.791. The third-order valence-electron chi connectivity index (χ3n) is 4.24. The van der Waals surface area contributed by atoms with Crippen LogP contribution in [0.15, 0.2) is 24.3 Å². The lowest BCUT2D eigenvalue weighted by molar-refractivity contribution is 0.234. The van der Waals surface area contributed by atoms with Crippen molar-refractivity contribution < 1.29 is 0 Å². The fourth-order valence-corrected chi connectivity index (χ4v) is 2.92. The molecule has 1 atom stereocenters. The molecule has 1 aliphatic carbocycles. The molecule has 2 N–H and O–H groups in total. The Morgan fingerprint density at radius 1 is 1.15 bits per heavy atom. The lowest BCUT2D eigenvalue weighted by atomic mass is 9.96. The smallest absolute Gasteiger partial charge is 0.0470 e. The second-order valence-corrected chi connectivity index (χ2v) is 6.29. The van der Waals surface area contributed by atoms with Crippen molar-refractivity contribution in [3.63, 3.8) is 0 Å². The number of benzene rings is 1. The topological polar surface area (TPSA) is 32.5 Å². The molecular formula is C17H29N3. The Morgan fingerprint density at radius 2 is 1.85 bits per heavy atom. The van der Waals surface area contributed by atoms with Gasteiger partial charge in [-0.15, -0.1) is 0 Å². The van der Waals surface area contributed by atoms with Gasteiger partial charge >= 0.3 is 0 Å². The molecule has 0 radical (unpaired) electrons. The summed E-state index contributed by atoms with van der Waals surface area (Å²) in [4.78, 5) is 4.66. The average Bonchev–Trinajstić information content (AvgIpc) is 3.24. The van der Waals surface area contributed by atoms with Gasteiger partial charge in [-0.3, -0.25) is 4.90 Å². The van der Waals surface area contributed by atoms with E-state index in [1.54, 1.807) is 0 Å². The molecule has 0 saturated heterocycles. The Bertz CT molecular complexity index is 412. The highest BCUT2D eigenvalue weighted by Crippen LogP contribution is 2.43. The summed E-state index contributed by atoms with van der Waals surface area (Å²) in [7, 11) is 6.46. The molecule has 0 amide bonds. The molecule has 1 aliphatic rings. The van der Waals surface area contributed by atoms with Crippen molar-refractivity contribution in [3.8, 4) is 0 Å². The highest BCUT2D eigenvalue weighted by atomic mass is 15.1. The van der Waals surface area contributed by atoms with E-state index in [1.807, 2.05) is 0 Å². The van der Waals surface area contributed by atoms with Crippen LogP contribution in [0.25, 0.3) is 0 Å². The van der Waals surface area contributed by atoms with Crippen molar-refractivity contribution in [3.05, 3.63) is 35.4 Å². The van der Waals surface area contributed by atoms with Crippen LogP contribution in [0.5, 0.6) is 0 Å². The van der Waals surface area contributed by atoms with Crippen LogP contribution in [0.2, 0.25) is 0 Å². The van der Waals surface area contributed by atoms with E-state index in [9.17, 15) is 0 Å². The largest absolute Gasteiger partial charge is 0.329 e. The lowest BCUT2D eigenvalue weighted by Crippen LogP contribution is -2.33. The van der Waals surface area contributed by atoms with Crippen molar-refractivity contribution in [2.45, 2.75) is 31.2 Å². The Balaban J connectivity index is 2.03. The van der Waals surface area contributed by atoms with E-state index < -0.39 is 0 Å². The van der Waals surface area contributed by atoms with Crippen molar-refractivity contribution >= 4 is 0 Å². The highest BCUT2D eigenvalue weighted by molar-refractivity contribution is 5.35. The van der Waals surface area contributed by atoms with E-state index in [-0.39, 0.29) is 0 Å². The summed E-state index contributed by atoms with van der Waals surface area (Å²) in [5, 5.41) is 0. The first-order chi connectivity index (χ1) is 9.63. The minimum absolute atomic E-state index is 0.356. The fourth-order valence-electron chi connectivity index (χ4n) is 2.92. The van der Waals surface area contributed by atoms with Crippen LogP contribution in [0.4, 0.5) is 0 Å². The maximum atomic E-state index is 6.07. The first kappa shape index (κ1) is 15.5. The third kappa shape index (κ3) is 4.05. The van der Waals surface area contributed by atoms with E-state index >= 15 is 0 Å². The number of hydrogen-bond acceptors (Lipinski definition) is 3. The van der Waals surface area contributed by atoms with Crippen molar-refractivity contribution in [1.82, 2.24) is 9.80 Å². The van der Waals surface area contributed by atoms with Crippen molar-refractivity contribution in [1.29, 1.82) is 0 Å². The number of nitrogens with zero attached hydrogens (tertiary/aromatic N) is 2. The molecule has 1 saturated carbocycles. The zero-order chi connectivity index (χ0) is 14.5. The van der Waals surface area contributed by atoms with Gasteiger partial charge in [-0.1, -0.05) is 24.3 Å². The molecule has 0 bridgehead atoms. The summed E-state index contributed by atoms with van der Waals surface area (Å²) in [6, 6.07) is 9.24. The normalized spacial score (nSPS) is 16.9. The predicted molar refractivity (Wildman–Crippen MR) is 86.0 cm³/mol. The average molecular weight is 275 g/mol. The summed E-state index contributed by atoms with van der Waals surface area (Å²) in [5.74, 6) is 0.787.